The van der Waals surface area contributed by atoms with E-state index in [-0.39, 0.29) is 0 Å². The standard InChI is InChI=1S/C7H8O7/c1-13-5(9)4-7(12,6(10)11)2-3(8)14-4/h4,12H,2H2,1H3,(H,10,11)/t4-,7-/m1/s1. The maximum absolute atomic E-state index is 11.0. The van der Waals surface area contributed by atoms with Gasteiger partial charge in [0.1, 0.15) is 0 Å². The Hall–Kier alpha value is -1.63. The Morgan fingerprint density at radius 2 is 2.21 bits per heavy atom. The maximum Gasteiger partial charge on any atom is 0.350 e. The molecular formula is C7H8O7. The van der Waals surface area contributed by atoms with Crippen molar-refractivity contribution < 1.29 is 34.1 Å². The van der Waals surface area contributed by atoms with Crippen molar-refractivity contribution in [2.75, 3.05) is 7.11 Å². The molecule has 2 atom stereocenters. The first-order valence-electron chi connectivity index (χ1n) is 3.65. The highest BCUT2D eigenvalue weighted by atomic mass is 16.6. The third-order valence-electron chi connectivity index (χ3n) is 1.88. The molecule has 14 heavy (non-hydrogen) atoms. The number of carboxylic acid groups (broad SMARTS) is 1. The molecule has 0 bridgehead atoms. The summed E-state index contributed by atoms with van der Waals surface area (Å²) < 4.78 is 8.54. The summed E-state index contributed by atoms with van der Waals surface area (Å²) in [7, 11) is 0.997. The second-order valence-corrected chi connectivity index (χ2v) is 2.80. The van der Waals surface area contributed by atoms with E-state index in [2.05, 4.69) is 9.47 Å². The third-order valence-corrected chi connectivity index (χ3v) is 1.88. The molecule has 7 nitrogen and oxygen atoms in total. The second-order valence-electron chi connectivity index (χ2n) is 2.80. The van der Waals surface area contributed by atoms with Crippen molar-refractivity contribution in [2.45, 2.75) is 18.1 Å². The van der Waals surface area contributed by atoms with Crippen molar-refractivity contribution >= 4 is 17.9 Å². The number of ether oxygens (including phenoxy) is 2. The van der Waals surface area contributed by atoms with Gasteiger partial charge < -0.3 is 19.7 Å². The maximum atomic E-state index is 11.0. The molecule has 0 radical (unpaired) electrons. The van der Waals surface area contributed by atoms with Gasteiger partial charge in [-0.2, -0.15) is 0 Å². The first-order chi connectivity index (χ1) is 6.41. The highest BCUT2D eigenvalue weighted by molar-refractivity contribution is 5.96. The van der Waals surface area contributed by atoms with Crippen LogP contribution in [0.5, 0.6) is 0 Å². The lowest BCUT2D eigenvalue weighted by molar-refractivity contribution is -0.178. The van der Waals surface area contributed by atoms with Crippen LogP contribution < -0.4 is 0 Å². The fourth-order valence-electron chi connectivity index (χ4n) is 1.12. The zero-order chi connectivity index (χ0) is 10.9. The quantitative estimate of drug-likeness (QED) is 0.515. The fraction of sp³-hybridized carbons (Fsp3) is 0.571. The number of carbonyl (C=O) groups excluding carboxylic acids is 2. The topological polar surface area (TPSA) is 110 Å². The summed E-state index contributed by atoms with van der Waals surface area (Å²) in [4.78, 5) is 32.3. The van der Waals surface area contributed by atoms with Crippen molar-refractivity contribution in [1.29, 1.82) is 0 Å². The van der Waals surface area contributed by atoms with Crippen LogP contribution in [0.25, 0.3) is 0 Å². The molecule has 0 unspecified atom stereocenters. The summed E-state index contributed by atoms with van der Waals surface area (Å²) in [6.45, 7) is 0. The van der Waals surface area contributed by atoms with Gasteiger partial charge in [-0.05, 0) is 0 Å². The number of cyclic esters (lactones) is 1. The lowest BCUT2D eigenvalue weighted by atomic mass is 9.96. The van der Waals surface area contributed by atoms with Gasteiger partial charge >= 0.3 is 17.9 Å². The first-order valence-corrected chi connectivity index (χ1v) is 3.65. The Kier molecular flexibility index (Phi) is 2.43. The number of rotatable bonds is 2. The van der Waals surface area contributed by atoms with E-state index in [1.165, 1.54) is 0 Å². The molecule has 2 N–H and O–H groups in total. The highest BCUT2D eigenvalue weighted by Crippen LogP contribution is 2.28. The Labute approximate surface area is 78.2 Å². The lowest BCUT2D eigenvalue weighted by Gasteiger charge is -2.19. The average molecular weight is 204 g/mol. The van der Waals surface area contributed by atoms with Crippen LogP contribution in [0.3, 0.4) is 0 Å². The summed E-state index contributed by atoms with van der Waals surface area (Å²) in [6, 6.07) is 0. The number of methoxy groups -OCH3 is 1. The lowest BCUT2D eigenvalue weighted by Crippen LogP contribution is -2.50. The van der Waals surface area contributed by atoms with E-state index in [1.807, 2.05) is 0 Å². The number of hydrogen-bond acceptors (Lipinski definition) is 6. The first kappa shape index (κ1) is 10.5. The van der Waals surface area contributed by atoms with E-state index < -0.39 is 36.0 Å². The molecular weight excluding hydrogens is 196 g/mol. The monoisotopic (exact) mass is 204 g/mol. The molecule has 0 aliphatic carbocycles. The molecule has 0 spiro atoms. The van der Waals surface area contributed by atoms with E-state index in [0.29, 0.717) is 0 Å². The van der Waals surface area contributed by atoms with Gasteiger partial charge in [-0.1, -0.05) is 0 Å². The number of carboxylic acids is 1. The fourth-order valence-corrected chi connectivity index (χ4v) is 1.12. The number of carbonyl (C=O) groups is 3. The molecule has 1 aliphatic heterocycles. The van der Waals surface area contributed by atoms with Crippen LogP contribution in [0.15, 0.2) is 0 Å². The smallest absolute Gasteiger partial charge is 0.350 e. The Morgan fingerprint density at radius 1 is 1.64 bits per heavy atom. The predicted molar refractivity (Wildman–Crippen MR) is 39.1 cm³/mol. The van der Waals surface area contributed by atoms with E-state index in [9.17, 15) is 19.5 Å². The van der Waals surface area contributed by atoms with Crippen LogP contribution >= 0.6 is 0 Å². The molecule has 1 aliphatic rings. The number of hydrogen-bond donors (Lipinski definition) is 2. The number of aliphatic hydroxyl groups is 1. The van der Waals surface area contributed by atoms with Crippen LogP contribution in [0.4, 0.5) is 0 Å². The minimum absolute atomic E-state index is 0.762. The average Bonchev–Trinajstić information content (AvgIpc) is 2.42. The van der Waals surface area contributed by atoms with Crippen LogP contribution in [0, 0.1) is 0 Å². The van der Waals surface area contributed by atoms with Crippen LogP contribution in [0.1, 0.15) is 6.42 Å². The molecule has 0 aromatic rings. The summed E-state index contributed by atoms with van der Waals surface area (Å²) in [5, 5.41) is 18.1. The molecule has 7 heteroatoms. The van der Waals surface area contributed by atoms with Crippen LogP contribution in [0.2, 0.25) is 0 Å². The molecule has 1 heterocycles. The van der Waals surface area contributed by atoms with Gasteiger partial charge in [0.2, 0.25) is 11.7 Å². The normalized spacial score (nSPS) is 31.0. The Morgan fingerprint density at radius 3 is 2.64 bits per heavy atom. The van der Waals surface area contributed by atoms with Gasteiger partial charge in [0.25, 0.3) is 0 Å². The molecule has 1 saturated heterocycles. The van der Waals surface area contributed by atoms with Crippen molar-refractivity contribution in [3.05, 3.63) is 0 Å². The molecule has 0 saturated carbocycles. The summed E-state index contributed by atoms with van der Waals surface area (Å²) in [6.07, 6.45) is -2.56. The molecule has 78 valence electrons. The van der Waals surface area contributed by atoms with E-state index in [1.54, 1.807) is 0 Å². The molecule has 1 rings (SSSR count). The molecule has 1 fully saturated rings. The SMILES string of the molecule is COC(=O)[C@H]1OC(=O)C[C@]1(O)C(=O)O. The molecule has 0 amide bonds. The summed E-state index contributed by atoms with van der Waals surface area (Å²) in [5.41, 5.74) is -2.52. The molecule has 0 aromatic heterocycles. The number of aliphatic carboxylic acids is 1. The highest BCUT2D eigenvalue weighted by Gasteiger charge is 2.58. The van der Waals surface area contributed by atoms with Crippen LogP contribution in [-0.2, 0) is 23.9 Å². The van der Waals surface area contributed by atoms with Gasteiger partial charge in [0.15, 0.2) is 0 Å². The largest absolute Gasteiger partial charge is 0.479 e. The van der Waals surface area contributed by atoms with Gasteiger partial charge in [-0.25, -0.2) is 9.59 Å². The van der Waals surface area contributed by atoms with Gasteiger partial charge in [0.05, 0.1) is 13.5 Å². The summed E-state index contributed by atoms with van der Waals surface area (Å²) in [5.74, 6) is -3.75. The minimum atomic E-state index is -2.52. The van der Waals surface area contributed by atoms with E-state index in [0.717, 1.165) is 7.11 Å². The summed E-state index contributed by atoms with van der Waals surface area (Å²) >= 11 is 0. The van der Waals surface area contributed by atoms with Gasteiger partial charge in [-0.3, -0.25) is 4.79 Å². The number of esters is 2. The molecule has 0 aromatic carbocycles. The predicted octanol–water partition coefficient (Wildman–Crippen LogP) is -1.71. The second kappa shape index (κ2) is 3.26. The van der Waals surface area contributed by atoms with Crippen molar-refractivity contribution in [2.24, 2.45) is 0 Å². The zero-order valence-electron chi connectivity index (χ0n) is 7.22. The van der Waals surface area contributed by atoms with Crippen LogP contribution in [-0.4, -0.2) is 46.9 Å². The van der Waals surface area contributed by atoms with Gasteiger partial charge in [0, 0.05) is 0 Å². The van der Waals surface area contributed by atoms with E-state index >= 15 is 0 Å². The van der Waals surface area contributed by atoms with Crippen molar-refractivity contribution in [3.8, 4) is 0 Å². The Balaban J connectivity index is 2.99. The Bertz CT molecular complexity index is 296. The van der Waals surface area contributed by atoms with Gasteiger partial charge in [-0.15, -0.1) is 0 Å². The van der Waals surface area contributed by atoms with E-state index in [4.69, 9.17) is 5.11 Å². The third kappa shape index (κ3) is 1.41. The minimum Gasteiger partial charge on any atom is -0.479 e. The van der Waals surface area contributed by atoms with Crippen molar-refractivity contribution in [1.82, 2.24) is 0 Å². The zero-order valence-corrected chi connectivity index (χ0v) is 7.22. The van der Waals surface area contributed by atoms with Crippen molar-refractivity contribution in [3.63, 3.8) is 0 Å².